The van der Waals surface area contributed by atoms with Crippen molar-refractivity contribution in [1.29, 1.82) is 5.26 Å². The summed E-state index contributed by atoms with van der Waals surface area (Å²) in [7, 11) is 1.78. The Bertz CT molecular complexity index is 663. The van der Waals surface area contributed by atoms with Crippen molar-refractivity contribution in [2.75, 3.05) is 13.6 Å². The number of dihydropyridines is 1. The summed E-state index contributed by atoms with van der Waals surface area (Å²) in [5, 5.41) is 17.4. The van der Waals surface area contributed by atoms with Crippen molar-refractivity contribution in [3.05, 3.63) is 48.0 Å². The van der Waals surface area contributed by atoms with E-state index < -0.39 is 0 Å². The Morgan fingerprint density at radius 1 is 1.52 bits per heavy atom. The molecule has 2 unspecified atom stereocenters. The van der Waals surface area contributed by atoms with Crippen LogP contribution in [-0.2, 0) is 0 Å². The van der Waals surface area contributed by atoms with Gasteiger partial charge < -0.3 is 16.0 Å². The Morgan fingerprint density at radius 2 is 2.39 bits per heavy atom. The predicted molar refractivity (Wildman–Crippen MR) is 89.9 cm³/mol. The molecule has 0 fully saturated rings. The number of carbonyl (C=O) groups excluding carboxylic acids is 1. The smallest absolute Gasteiger partial charge is 0.319 e. The third-order valence-corrected chi connectivity index (χ3v) is 3.24. The Morgan fingerprint density at radius 3 is 3.17 bits per heavy atom. The van der Waals surface area contributed by atoms with Crippen molar-refractivity contribution in [3.8, 4) is 6.07 Å². The summed E-state index contributed by atoms with van der Waals surface area (Å²) in [6.07, 6.45) is 13.7. The average molecular weight is 310 g/mol. The molecule has 0 saturated carbocycles. The van der Waals surface area contributed by atoms with Gasteiger partial charge in [-0.25, -0.2) is 4.79 Å². The van der Waals surface area contributed by atoms with Crippen molar-refractivity contribution in [3.63, 3.8) is 0 Å². The largest absolute Gasteiger partial charge is 0.393 e. The summed E-state index contributed by atoms with van der Waals surface area (Å²) in [5.41, 5.74) is 1.49. The number of aliphatic imine (C=N–C) groups is 2. The maximum Gasteiger partial charge on any atom is 0.319 e. The standard InChI is InChI=1S/C16H18N6O/c1-18-7-8-19-9-10-21-16(23)22-14-5-6-20-15-12(11-17)3-2-4-13(14)15/h2-9,12,15,18H,10H2,1H3,(H2,21,22,23)/b8-7-,19-9-. The number of carbonyl (C=O) groups is 1. The zero-order valence-corrected chi connectivity index (χ0v) is 12.7. The van der Waals surface area contributed by atoms with Crippen molar-refractivity contribution >= 4 is 18.5 Å². The number of amides is 2. The monoisotopic (exact) mass is 310 g/mol. The van der Waals surface area contributed by atoms with Gasteiger partial charge in [0.25, 0.3) is 0 Å². The molecule has 2 rings (SSSR count). The van der Waals surface area contributed by atoms with Crippen LogP contribution in [0.4, 0.5) is 4.79 Å². The van der Waals surface area contributed by atoms with E-state index in [4.69, 9.17) is 5.26 Å². The lowest BCUT2D eigenvalue weighted by molar-refractivity contribution is 0.244. The third kappa shape index (κ3) is 4.41. The zero-order chi connectivity index (χ0) is 16.5. The number of allylic oxidation sites excluding steroid dienone is 3. The van der Waals surface area contributed by atoms with Gasteiger partial charge in [0, 0.05) is 43.1 Å². The minimum Gasteiger partial charge on any atom is -0.393 e. The van der Waals surface area contributed by atoms with Gasteiger partial charge in [-0.3, -0.25) is 9.98 Å². The molecule has 1 aliphatic heterocycles. The topological polar surface area (TPSA) is 102 Å². The highest BCUT2D eigenvalue weighted by Gasteiger charge is 2.28. The molecule has 118 valence electrons. The number of hydrogen-bond donors (Lipinski definition) is 3. The van der Waals surface area contributed by atoms with Gasteiger partial charge in [-0.1, -0.05) is 18.2 Å². The number of rotatable bonds is 5. The van der Waals surface area contributed by atoms with E-state index in [0.717, 1.165) is 5.57 Å². The molecule has 7 heteroatoms. The van der Waals surface area contributed by atoms with Crippen LogP contribution in [-0.4, -0.2) is 38.1 Å². The molecule has 0 saturated heterocycles. The van der Waals surface area contributed by atoms with Gasteiger partial charge in [0.1, 0.15) is 0 Å². The van der Waals surface area contributed by atoms with Crippen molar-refractivity contribution in [2.24, 2.45) is 15.9 Å². The van der Waals surface area contributed by atoms with Gasteiger partial charge in [-0.15, -0.1) is 0 Å². The number of fused-ring (bicyclic) bond motifs is 1. The normalized spacial score (nSPS) is 22.3. The molecule has 1 heterocycles. The average Bonchev–Trinajstić information content (AvgIpc) is 2.58. The van der Waals surface area contributed by atoms with Crippen LogP contribution in [0.2, 0.25) is 0 Å². The van der Waals surface area contributed by atoms with E-state index in [0.29, 0.717) is 12.2 Å². The third-order valence-electron chi connectivity index (χ3n) is 3.24. The van der Waals surface area contributed by atoms with Crippen molar-refractivity contribution in [1.82, 2.24) is 16.0 Å². The lowest BCUT2D eigenvalue weighted by Crippen LogP contribution is -2.39. The summed E-state index contributed by atoms with van der Waals surface area (Å²) < 4.78 is 0. The minimum atomic E-state index is -0.335. The van der Waals surface area contributed by atoms with Gasteiger partial charge in [0.15, 0.2) is 0 Å². The van der Waals surface area contributed by atoms with Gasteiger partial charge in [0.05, 0.1) is 24.6 Å². The fourth-order valence-electron chi connectivity index (χ4n) is 2.17. The van der Waals surface area contributed by atoms with E-state index in [-0.39, 0.29) is 18.0 Å². The van der Waals surface area contributed by atoms with Crippen molar-refractivity contribution < 1.29 is 4.79 Å². The highest BCUT2D eigenvalue weighted by Crippen LogP contribution is 2.28. The first kappa shape index (κ1) is 16.2. The second kappa shape index (κ2) is 8.34. The summed E-state index contributed by atoms with van der Waals surface area (Å²) in [6, 6.07) is 1.61. The van der Waals surface area contributed by atoms with Gasteiger partial charge in [0.2, 0.25) is 0 Å². The summed E-state index contributed by atoms with van der Waals surface area (Å²) in [5.74, 6) is -0.314. The Hall–Kier alpha value is -3.14. The highest BCUT2D eigenvalue weighted by atomic mass is 16.2. The van der Waals surface area contributed by atoms with Crippen LogP contribution in [0, 0.1) is 17.2 Å². The van der Waals surface area contributed by atoms with Crippen LogP contribution >= 0.6 is 0 Å². The second-order valence-corrected chi connectivity index (χ2v) is 4.76. The molecule has 0 aromatic rings. The van der Waals surface area contributed by atoms with Crippen molar-refractivity contribution in [2.45, 2.75) is 6.04 Å². The van der Waals surface area contributed by atoms with E-state index in [1.54, 1.807) is 38.0 Å². The van der Waals surface area contributed by atoms with Gasteiger partial charge in [-0.05, 0) is 6.08 Å². The maximum atomic E-state index is 11.9. The van der Waals surface area contributed by atoms with E-state index >= 15 is 0 Å². The molecule has 2 aliphatic rings. The van der Waals surface area contributed by atoms with E-state index in [2.05, 4.69) is 32.0 Å². The molecule has 0 spiro atoms. The Balaban J connectivity index is 1.90. The fraction of sp³-hybridized carbons (Fsp3) is 0.250. The van der Waals surface area contributed by atoms with E-state index in [1.165, 1.54) is 0 Å². The predicted octanol–water partition coefficient (Wildman–Crippen LogP) is 1.02. The number of nitrogens with zero attached hydrogens (tertiary/aromatic N) is 3. The second-order valence-electron chi connectivity index (χ2n) is 4.76. The Kier molecular flexibility index (Phi) is 5.89. The molecule has 0 aromatic carbocycles. The summed E-state index contributed by atoms with van der Waals surface area (Å²) in [6.45, 7) is 0.310. The lowest BCUT2D eigenvalue weighted by Gasteiger charge is -2.26. The molecule has 1 aliphatic carbocycles. The van der Waals surface area contributed by atoms with Crippen LogP contribution in [0.25, 0.3) is 0 Å². The molecule has 0 aromatic heterocycles. The summed E-state index contributed by atoms with van der Waals surface area (Å²) >= 11 is 0. The van der Waals surface area contributed by atoms with Gasteiger partial charge >= 0.3 is 6.03 Å². The Labute approximate surface area is 134 Å². The molecule has 7 nitrogen and oxygen atoms in total. The van der Waals surface area contributed by atoms with Crippen LogP contribution in [0.15, 0.2) is 58.0 Å². The molecule has 2 atom stereocenters. The summed E-state index contributed by atoms with van der Waals surface area (Å²) in [4.78, 5) is 20.2. The minimum absolute atomic E-state index is 0.265. The fourth-order valence-corrected chi connectivity index (χ4v) is 2.17. The maximum absolute atomic E-state index is 11.9. The molecule has 23 heavy (non-hydrogen) atoms. The first-order valence-electron chi connectivity index (χ1n) is 7.17. The molecule has 0 radical (unpaired) electrons. The first-order chi connectivity index (χ1) is 11.3. The van der Waals surface area contributed by atoms with Gasteiger partial charge in [-0.2, -0.15) is 5.26 Å². The number of nitrogens with one attached hydrogen (secondary N) is 3. The highest BCUT2D eigenvalue weighted by molar-refractivity contribution is 5.84. The quantitative estimate of drug-likeness (QED) is 0.661. The van der Waals surface area contributed by atoms with Crippen LogP contribution in [0.1, 0.15) is 0 Å². The number of urea groups is 1. The van der Waals surface area contributed by atoms with E-state index in [1.807, 2.05) is 18.2 Å². The molecule has 0 bridgehead atoms. The molecule has 2 amide bonds. The van der Waals surface area contributed by atoms with E-state index in [9.17, 15) is 4.79 Å². The van der Waals surface area contributed by atoms with Crippen LogP contribution < -0.4 is 16.0 Å². The SMILES string of the molecule is CN/C=C\N=C/CNC(=O)NC1=CC=NC2C1=CC=CC2C#N. The molecular formula is C16H18N6O. The van der Waals surface area contributed by atoms with Crippen LogP contribution in [0.3, 0.4) is 0 Å². The lowest BCUT2D eigenvalue weighted by atomic mass is 9.87. The zero-order valence-electron chi connectivity index (χ0n) is 12.7. The van der Waals surface area contributed by atoms with Crippen LogP contribution in [0.5, 0.6) is 0 Å². The number of hydrogen-bond acceptors (Lipinski definition) is 5. The molecular weight excluding hydrogens is 292 g/mol. The first-order valence-corrected chi connectivity index (χ1v) is 7.17. The number of nitriles is 1. The molecule has 3 N–H and O–H groups in total.